The number of rotatable bonds is 5. The number of ketones is 1. The maximum Gasteiger partial charge on any atom is 0.272 e. The zero-order chi connectivity index (χ0) is 20.1. The van der Waals surface area contributed by atoms with Gasteiger partial charge in [0.1, 0.15) is 5.69 Å². The van der Waals surface area contributed by atoms with Crippen LogP contribution >= 0.6 is 0 Å². The van der Waals surface area contributed by atoms with E-state index in [1.165, 1.54) is 25.3 Å². The first kappa shape index (κ1) is 19.2. The molecule has 1 aliphatic heterocycles. The van der Waals surface area contributed by atoms with Gasteiger partial charge in [0.2, 0.25) is 6.41 Å². The number of hydrogen-bond acceptors (Lipinski definition) is 5. The van der Waals surface area contributed by atoms with Crippen molar-refractivity contribution in [3.05, 3.63) is 59.4 Å². The lowest BCUT2D eigenvalue weighted by molar-refractivity contribution is -0.119. The number of anilines is 1. The van der Waals surface area contributed by atoms with Crippen molar-refractivity contribution in [2.75, 3.05) is 31.5 Å². The third-order valence-electron chi connectivity index (χ3n) is 4.54. The van der Waals surface area contributed by atoms with E-state index in [-0.39, 0.29) is 23.3 Å². The average Bonchev–Trinajstić information content (AvgIpc) is 2.73. The normalized spacial score (nSPS) is 13.8. The molecule has 0 aliphatic carbocycles. The number of carbonyl (C=O) groups excluding carboxylic acids is 4. The number of benzene rings is 1. The van der Waals surface area contributed by atoms with E-state index in [4.69, 9.17) is 0 Å². The molecule has 0 bridgehead atoms. The van der Waals surface area contributed by atoms with Gasteiger partial charge in [0, 0.05) is 49.2 Å². The number of pyridine rings is 1. The van der Waals surface area contributed by atoms with Crippen LogP contribution in [0.2, 0.25) is 0 Å². The van der Waals surface area contributed by atoms with E-state index in [1.807, 2.05) is 0 Å². The maximum absolute atomic E-state index is 12.6. The van der Waals surface area contributed by atoms with Gasteiger partial charge in [0.05, 0.1) is 0 Å². The smallest absolute Gasteiger partial charge is 0.272 e. The molecule has 0 spiro atoms. The molecule has 2 aromatic rings. The van der Waals surface area contributed by atoms with Crippen molar-refractivity contribution >= 4 is 29.7 Å². The summed E-state index contributed by atoms with van der Waals surface area (Å²) in [4.78, 5) is 54.5. The van der Waals surface area contributed by atoms with Crippen LogP contribution in [0.3, 0.4) is 0 Å². The second-order valence-electron chi connectivity index (χ2n) is 6.45. The fourth-order valence-electron chi connectivity index (χ4n) is 2.87. The van der Waals surface area contributed by atoms with Crippen LogP contribution in [-0.4, -0.2) is 65.0 Å². The number of nitrogens with one attached hydrogen (secondary N) is 1. The van der Waals surface area contributed by atoms with Crippen molar-refractivity contribution in [2.45, 2.75) is 6.92 Å². The summed E-state index contributed by atoms with van der Waals surface area (Å²) in [7, 11) is 0. The minimum atomic E-state index is -0.377. The average molecular weight is 380 g/mol. The molecule has 3 rings (SSSR count). The zero-order valence-electron chi connectivity index (χ0n) is 15.4. The molecule has 3 amide bonds. The predicted molar refractivity (Wildman–Crippen MR) is 102 cm³/mol. The molecule has 8 nitrogen and oxygen atoms in total. The van der Waals surface area contributed by atoms with Gasteiger partial charge in [-0.15, -0.1) is 0 Å². The van der Waals surface area contributed by atoms with E-state index in [9.17, 15) is 19.2 Å². The van der Waals surface area contributed by atoms with Crippen molar-refractivity contribution < 1.29 is 19.2 Å². The third-order valence-corrected chi connectivity index (χ3v) is 4.54. The lowest BCUT2D eigenvalue weighted by Crippen LogP contribution is -2.48. The molecule has 1 aromatic heterocycles. The highest BCUT2D eigenvalue weighted by Crippen LogP contribution is 2.13. The van der Waals surface area contributed by atoms with Crippen LogP contribution in [-0.2, 0) is 4.79 Å². The number of hydrogen-bond donors (Lipinski definition) is 1. The third kappa shape index (κ3) is 4.40. The van der Waals surface area contributed by atoms with Crippen LogP contribution in [0.1, 0.15) is 38.1 Å². The van der Waals surface area contributed by atoms with E-state index in [0.29, 0.717) is 43.0 Å². The van der Waals surface area contributed by atoms with Gasteiger partial charge < -0.3 is 15.1 Å². The van der Waals surface area contributed by atoms with E-state index in [0.717, 1.165) is 6.41 Å². The van der Waals surface area contributed by atoms with Gasteiger partial charge in [-0.3, -0.25) is 24.2 Å². The Kier molecular flexibility index (Phi) is 5.78. The molecule has 1 fully saturated rings. The van der Waals surface area contributed by atoms with Crippen molar-refractivity contribution in [3.8, 4) is 0 Å². The summed E-state index contributed by atoms with van der Waals surface area (Å²) in [6.07, 6.45) is 2.19. The molecule has 2 heterocycles. The van der Waals surface area contributed by atoms with Gasteiger partial charge in [-0.05, 0) is 43.3 Å². The summed E-state index contributed by atoms with van der Waals surface area (Å²) in [5.41, 5.74) is 1.59. The molecule has 0 saturated carbocycles. The highest BCUT2D eigenvalue weighted by Gasteiger charge is 2.23. The minimum absolute atomic E-state index is 0.0517. The molecule has 1 N–H and O–H groups in total. The largest absolute Gasteiger partial charge is 0.342 e. The van der Waals surface area contributed by atoms with E-state index in [2.05, 4.69) is 10.3 Å². The van der Waals surface area contributed by atoms with Crippen LogP contribution in [0.5, 0.6) is 0 Å². The molecule has 1 aromatic carbocycles. The number of amides is 3. The molecule has 1 saturated heterocycles. The second kappa shape index (κ2) is 8.43. The standard InChI is InChI=1S/C20H20N4O4/c1-14(26)15-2-4-17(5-3-15)22-19(27)16-6-7-21-18(12-16)20(28)24-10-8-23(13-25)9-11-24/h2-7,12-13H,8-11H2,1H3,(H,22,27). The molecule has 8 heteroatoms. The molecular weight excluding hydrogens is 360 g/mol. The lowest BCUT2D eigenvalue weighted by atomic mass is 10.1. The summed E-state index contributed by atoms with van der Waals surface area (Å²) in [6, 6.07) is 9.55. The van der Waals surface area contributed by atoms with E-state index < -0.39 is 0 Å². The van der Waals surface area contributed by atoms with Crippen LogP contribution < -0.4 is 5.32 Å². The van der Waals surface area contributed by atoms with Crippen LogP contribution in [0, 0.1) is 0 Å². The Labute approximate surface area is 162 Å². The Bertz CT molecular complexity index is 903. The predicted octanol–water partition coefficient (Wildman–Crippen LogP) is 1.45. The Morgan fingerprint density at radius 3 is 2.29 bits per heavy atom. The van der Waals surface area contributed by atoms with Gasteiger partial charge in [0.15, 0.2) is 5.78 Å². The van der Waals surface area contributed by atoms with Gasteiger partial charge in [-0.2, -0.15) is 0 Å². The number of aromatic nitrogens is 1. The lowest BCUT2D eigenvalue weighted by Gasteiger charge is -2.32. The first-order valence-electron chi connectivity index (χ1n) is 8.85. The maximum atomic E-state index is 12.6. The SMILES string of the molecule is CC(=O)c1ccc(NC(=O)c2ccnc(C(=O)N3CCN(C=O)CC3)c2)cc1. The van der Waals surface area contributed by atoms with Crippen LogP contribution in [0.4, 0.5) is 5.69 Å². The summed E-state index contributed by atoms with van der Waals surface area (Å²) < 4.78 is 0. The van der Waals surface area contributed by atoms with Crippen molar-refractivity contribution in [2.24, 2.45) is 0 Å². The highest BCUT2D eigenvalue weighted by atomic mass is 16.2. The second-order valence-corrected chi connectivity index (χ2v) is 6.45. The fraction of sp³-hybridized carbons (Fsp3) is 0.250. The monoisotopic (exact) mass is 380 g/mol. The summed E-state index contributed by atoms with van der Waals surface area (Å²) in [6.45, 7) is 3.29. The Balaban J connectivity index is 1.68. The van der Waals surface area contributed by atoms with Crippen LogP contribution in [0.15, 0.2) is 42.6 Å². The fourth-order valence-corrected chi connectivity index (χ4v) is 2.87. The molecule has 1 aliphatic rings. The van der Waals surface area contributed by atoms with E-state index >= 15 is 0 Å². The number of nitrogens with zero attached hydrogens (tertiary/aromatic N) is 3. The molecule has 0 atom stereocenters. The van der Waals surface area contributed by atoms with Gasteiger partial charge in [0.25, 0.3) is 11.8 Å². The highest BCUT2D eigenvalue weighted by molar-refractivity contribution is 6.06. The molecule has 0 unspecified atom stereocenters. The Hall–Kier alpha value is -3.55. The number of piperazine rings is 1. The Morgan fingerprint density at radius 2 is 1.68 bits per heavy atom. The number of carbonyl (C=O) groups is 4. The minimum Gasteiger partial charge on any atom is -0.342 e. The van der Waals surface area contributed by atoms with Gasteiger partial charge in [-0.25, -0.2) is 0 Å². The summed E-state index contributed by atoms with van der Waals surface area (Å²) in [5, 5.41) is 2.74. The zero-order valence-corrected chi connectivity index (χ0v) is 15.4. The first-order chi connectivity index (χ1) is 13.5. The first-order valence-corrected chi connectivity index (χ1v) is 8.85. The molecule has 0 radical (unpaired) electrons. The van der Waals surface area contributed by atoms with E-state index in [1.54, 1.807) is 34.1 Å². The van der Waals surface area contributed by atoms with Crippen molar-refractivity contribution in [1.82, 2.24) is 14.8 Å². The van der Waals surface area contributed by atoms with Crippen molar-refractivity contribution in [1.29, 1.82) is 0 Å². The topological polar surface area (TPSA) is 99.7 Å². The number of Topliss-reactive ketones (excluding diaryl/α,β-unsaturated/α-hetero) is 1. The Morgan fingerprint density at radius 1 is 1.00 bits per heavy atom. The summed E-state index contributed by atoms with van der Waals surface area (Å²) >= 11 is 0. The molecule has 144 valence electrons. The van der Waals surface area contributed by atoms with Gasteiger partial charge in [-0.1, -0.05) is 0 Å². The van der Waals surface area contributed by atoms with Gasteiger partial charge >= 0.3 is 0 Å². The summed E-state index contributed by atoms with van der Waals surface area (Å²) in [5.74, 6) is -0.701. The van der Waals surface area contributed by atoms with Crippen LogP contribution in [0.25, 0.3) is 0 Å². The quantitative estimate of drug-likeness (QED) is 0.625. The molecule has 28 heavy (non-hydrogen) atoms. The van der Waals surface area contributed by atoms with Crippen molar-refractivity contribution in [3.63, 3.8) is 0 Å². The molecular formula is C20H20N4O4.